The molecular weight excluding hydrogens is 264 g/mol. The number of rotatable bonds is 2. The van der Waals surface area contributed by atoms with Crippen LogP contribution in [0.25, 0.3) is 22.5 Å². The van der Waals surface area contributed by atoms with Crippen LogP contribution in [0.5, 0.6) is 0 Å². The van der Waals surface area contributed by atoms with Crippen molar-refractivity contribution >= 4 is 5.88 Å². The Morgan fingerprint density at radius 1 is 1.10 bits per heavy atom. The third-order valence-electron chi connectivity index (χ3n) is 2.82. The summed E-state index contributed by atoms with van der Waals surface area (Å²) in [5.74, 6) is -1.19. The zero-order valence-corrected chi connectivity index (χ0v) is 10.2. The summed E-state index contributed by atoms with van der Waals surface area (Å²) in [4.78, 5) is 4.12. The van der Waals surface area contributed by atoms with E-state index in [1.165, 1.54) is 0 Å². The number of anilines is 1. The van der Waals surface area contributed by atoms with E-state index in [4.69, 9.17) is 10.3 Å². The number of nitrogen functional groups attached to an aromatic ring is 1. The van der Waals surface area contributed by atoms with Crippen LogP contribution in [-0.4, -0.2) is 10.1 Å². The standard InChI is InChI=1S/C14H9F2N3O/c15-8-4-5-10(16)9(7-8)13-12(14(17)20-19-13)11-3-1-2-6-18-11/h1-7H,17H2. The third kappa shape index (κ3) is 2.01. The van der Waals surface area contributed by atoms with E-state index in [2.05, 4.69) is 10.1 Å². The highest BCUT2D eigenvalue weighted by atomic mass is 19.1. The van der Waals surface area contributed by atoms with Gasteiger partial charge in [-0.15, -0.1) is 0 Å². The van der Waals surface area contributed by atoms with Crippen molar-refractivity contribution in [3.8, 4) is 22.5 Å². The average molecular weight is 273 g/mol. The number of pyridine rings is 1. The van der Waals surface area contributed by atoms with Gasteiger partial charge in [0.15, 0.2) is 0 Å². The van der Waals surface area contributed by atoms with Gasteiger partial charge in [-0.05, 0) is 30.3 Å². The molecule has 3 rings (SSSR count). The van der Waals surface area contributed by atoms with Crippen molar-refractivity contribution in [2.45, 2.75) is 0 Å². The third-order valence-corrected chi connectivity index (χ3v) is 2.82. The summed E-state index contributed by atoms with van der Waals surface area (Å²) in [5, 5.41) is 3.72. The van der Waals surface area contributed by atoms with Gasteiger partial charge in [-0.2, -0.15) is 0 Å². The molecule has 2 aromatic heterocycles. The minimum atomic E-state index is -0.614. The van der Waals surface area contributed by atoms with Crippen LogP contribution in [0.4, 0.5) is 14.7 Å². The van der Waals surface area contributed by atoms with Crippen molar-refractivity contribution < 1.29 is 13.3 Å². The van der Waals surface area contributed by atoms with Crippen LogP contribution in [0.2, 0.25) is 0 Å². The maximum absolute atomic E-state index is 13.9. The SMILES string of the molecule is Nc1onc(-c2cc(F)ccc2F)c1-c1ccccn1. The first-order valence-electron chi connectivity index (χ1n) is 5.79. The van der Waals surface area contributed by atoms with Crippen LogP contribution in [0, 0.1) is 11.6 Å². The molecule has 0 radical (unpaired) electrons. The molecule has 0 aliphatic rings. The number of aromatic nitrogens is 2. The normalized spacial score (nSPS) is 10.7. The summed E-state index contributed by atoms with van der Waals surface area (Å²) < 4.78 is 32.1. The van der Waals surface area contributed by atoms with E-state index >= 15 is 0 Å². The number of hydrogen-bond acceptors (Lipinski definition) is 4. The first-order chi connectivity index (χ1) is 9.66. The van der Waals surface area contributed by atoms with Gasteiger partial charge in [-0.25, -0.2) is 8.78 Å². The van der Waals surface area contributed by atoms with Crippen LogP contribution < -0.4 is 5.73 Å². The zero-order chi connectivity index (χ0) is 14.1. The molecule has 0 atom stereocenters. The number of nitrogens with two attached hydrogens (primary N) is 1. The quantitative estimate of drug-likeness (QED) is 0.778. The highest BCUT2D eigenvalue weighted by Crippen LogP contribution is 2.36. The lowest BCUT2D eigenvalue weighted by Gasteiger charge is -2.03. The average Bonchev–Trinajstić information content (AvgIpc) is 2.84. The molecule has 0 bridgehead atoms. The maximum atomic E-state index is 13.9. The number of halogens is 2. The van der Waals surface area contributed by atoms with E-state index in [1.54, 1.807) is 24.4 Å². The Morgan fingerprint density at radius 2 is 1.95 bits per heavy atom. The fourth-order valence-corrected chi connectivity index (χ4v) is 1.92. The number of hydrogen-bond donors (Lipinski definition) is 1. The van der Waals surface area contributed by atoms with Crippen molar-refractivity contribution in [3.05, 3.63) is 54.2 Å². The summed E-state index contributed by atoms with van der Waals surface area (Å²) in [7, 11) is 0. The van der Waals surface area contributed by atoms with Crippen molar-refractivity contribution in [2.75, 3.05) is 5.73 Å². The Hall–Kier alpha value is -2.76. The van der Waals surface area contributed by atoms with Crippen LogP contribution in [0.15, 0.2) is 47.1 Å². The lowest BCUT2D eigenvalue weighted by atomic mass is 10.0. The fourth-order valence-electron chi connectivity index (χ4n) is 1.92. The Bertz CT molecular complexity index is 756. The van der Waals surface area contributed by atoms with Gasteiger partial charge in [0.05, 0.1) is 11.3 Å². The molecule has 0 saturated carbocycles. The van der Waals surface area contributed by atoms with Crippen molar-refractivity contribution in [3.63, 3.8) is 0 Å². The molecule has 6 heteroatoms. The van der Waals surface area contributed by atoms with E-state index in [1.807, 2.05) is 0 Å². The highest BCUT2D eigenvalue weighted by Gasteiger charge is 2.21. The second-order valence-electron chi connectivity index (χ2n) is 4.11. The molecule has 0 aliphatic carbocycles. The van der Waals surface area contributed by atoms with Crippen LogP contribution in [0.1, 0.15) is 0 Å². The summed E-state index contributed by atoms with van der Waals surface area (Å²) >= 11 is 0. The van der Waals surface area contributed by atoms with Crippen LogP contribution in [-0.2, 0) is 0 Å². The van der Waals surface area contributed by atoms with Gasteiger partial charge in [-0.1, -0.05) is 11.2 Å². The largest absolute Gasteiger partial charge is 0.367 e. The second-order valence-corrected chi connectivity index (χ2v) is 4.11. The monoisotopic (exact) mass is 273 g/mol. The van der Waals surface area contributed by atoms with Gasteiger partial charge in [0.25, 0.3) is 0 Å². The van der Waals surface area contributed by atoms with E-state index in [9.17, 15) is 8.78 Å². The predicted molar refractivity (Wildman–Crippen MR) is 69.5 cm³/mol. The summed E-state index contributed by atoms with van der Waals surface area (Å²) in [6.07, 6.45) is 1.56. The highest BCUT2D eigenvalue weighted by molar-refractivity contribution is 5.85. The molecule has 2 heterocycles. The molecule has 0 spiro atoms. The first-order valence-corrected chi connectivity index (χ1v) is 5.79. The minimum Gasteiger partial charge on any atom is -0.367 e. The topological polar surface area (TPSA) is 64.9 Å². The van der Waals surface area contributed by atoms with Gasteiger partial charge in [0.1, 0.15) is 17.3 Å². The Labute approximate surface area is 112 Å². The van der Waals surface area contributed by atoms with Crippen LogP contribution >= 0.6 is 0 Å². The molecular formula is C14H9F2N3O. The molecule has 1 aromatic carbocycles. The van der Waals surface area contributed by atoms with E-state index in [-0.39, 0.29) is 17.1 Å². The second kappa shape index (κ2) is 4.73. The zero-order valence-electron chi connectivity index (χ0n) is 10.2. The molecule has 2 N–H and O–H groups in total. The fraction of sp³-hybridized carbons (Fsp3) is 0. The molecule has 100 valence electrons. The van der Waals surface area contributed by atoms with Gasteiger partial charge in [0.2, 0.25) is 5.88 Å². The lowest BCUT2D eigenvalue weighted by Crippen LogP contribution is -1.92. The molecule has 20 heavy (non-hydrogen) atoms. The Balaban J connectivity index is 2.24. The Morgan fingerprint density at radius 3 is 2.70 bits per heavy atom. The number of benzene rings is 1. The summed E-state index contributed by atoms with van der Waals surface area (Å²) in [6.45, 7) is 0. The smallest absolute Gasteiger partial charge is 0.232 e. The molecule has 0 fully saturated rings. The Kier molecular flexibility index (Phi) is 2.90. The van der Waals surface area contributed by atoms with Crippen molar-refractivity contribution in [1.82, 2.24) is 10.1 Å². The summed E-state index contributed by atoms with van der Waals surface area (Å²) in [6, 6.07) is 8.26. The molecule has 0 saturated heterocycles. The van der Waals surface area contributed by atoms with Crippen LogP contribution in [0.3, 0.4) is 0 Å². The van der Waals surface area contributed by atoms with Crippen molar-refractivity contribution in [1.29, 1.82) is 0 Å². The lowest BCUT2D eigenvalue weighted by molar-refractivity contribution is 0.439. The maximum Gasteiger partial charge on any atom is 0.232 e. The number of nitrogens with zero attached hydrogens (tertiary/aromatic N) is 2. The molecule has 0 aliphatic heterocycles. The molecule has 4 nitrogen and oxygen atoms in total. The van der Waals surface area contributed by atoms with Crippen molar-refractivity contribution in [2.24, 2.45) is 0 Å². The van der Waals surface area contributed by atoms with E-state index in [0.717, 1.165) is 18.2 Å². The van der Waals surface area contributed by atoms with Gasteiger partial charge in [-0.3, -0.25) is 4.98 Å². The molecule has 0 unspecified atom stereocenters. The first kappa shape index (κ1) is 12.3. The van der Waals surface area contributed by atoms with Gasteiger partial charge >= 0.3 is 0 Å². The minimum absolute atomic E-state index is 0.00219. The molecule has 0 amide bonds. The van der Waals surface area contributed by atoms with E-state index in [0.29, 0.717) is 11.3 Å². The van der Waals surface area contributed by atoms with Gasteiger partial charge < -0.3 is 10.3 Å². The molecule has 3 aromatic rings. The van der Waals surface area contributed by atoms with E-state index < -0.39 is 11.6 Å². The van der Waals surface area contributed by atoms with Gasteiger partial charge in [0, 0.05) is 11.8 Å². The summed E-state index contributed by atoms with van der Waals surface area (Å²) in [5.41, 5.74) is 6.63. The predicted octanol–water partition coefficient (Wildman–Crippen LogP) is 3.26.